The monoisotopic (exact) mass is 262 g/mol. The highest BCUT2D eigenvalue weighted by Crippen LogP contribution is 2.32. The third kappa shape index (κ3) is 4.03. The summed E-state index contributed by atoms with van der Waals surface area (Å²) in [7, 11) is 0. The smallest absolute Gasteiger partial charge is 0.0437 e. The second kappa shape index (κ2) is 7.04. The maximum Gasteiger partial charge on any atom is 0.0437 e. The molecule has 1 fully saturated rings. The minimum absolute atomic E-state index is 0.111. The summed E-state index contributed by atoms with van der Waals surface area (Å²) in [6.07, 6.45) is 4.44. The van der Waals surface area contributed by atoms with E-state index < -0.39 is 0 Å². The second-order valence-corrected chi connectivity index (χ2v) is 5.83. The van der Waals surface area contributed by atoms with Gasteiger partial charge in [0.1, 0.15) is 0 Å². The van der Waals surface area contributed by atoms with Crippen molar-refractivity contribution in [1.82, 2.24) is 4.90 Å². The summed E-state index contributed by atoms with van der Waals surface area (Å²) in [5.41, 5.74) is 7.48. The van der Waals surface area contributed by atoms with Crippen LogP contribution < -0.4 is 5.73 Å². The zero-order valence-corrected chi connectivity index (χ0v) is 11.7. The van der Waals surface area contributed by atoms with Gasteiger partial charge in [-0.15, -0.1) is 0 Å². The normalized spacial score (nSPS) is 25.2. The van der Waals surface area contributed by atoms with E-state index in [1.54, 1.807) is 0 Å². The molecule has 1 unspecified atom stereocenters. The van der Waals surface area contributed by atoms with Gasteiger partial charge in [0.25, 0.3) is 0 Å². The number of rotatable bonds is 5. The van der Waals surface area contributed by atoms with Gasteiger partial charge in [-0.3, -0.25) is 4.90 Å². The highest BCUT2D eigenvalue weighted by Gasteiger charge is 2.32. The van der Waals surface area contributed by atoms with Crippen LogP contribution in [0.2, 0.25) is 0 Å². The Balaban J connectivity index is 2.03. The first kappa shape index (κ1) is 14.5. The summed E-state index contributed by atoms with van der Waals surface area (Å²) >= 11 is 0. The van der Waals surface area contributed by atoms with Gasteiger partial charge >= 0.3 is 0 Å². The Hall–Kier alpha value is -0.900. The topological polar surface area (TPSA) is 49.5 Å². The molecule has 0 bridgehead atoms. The van der Waals surface area contributed by atoms with Crippen molar-refractivity contribution in [1.29, 1.82) is 0 Å². The molecule has 19 heavy (non-hydrogen) atoms. The van der Waals surface area contributed by atoms with Gasteiger partial charge < -0.3 is 10.8 Å². The lowest BCUT2D eigenvalue weighted by Crippen LogP contribution is -2.41. The number of nitrogens with two attached hydrogens (primary N) is 1. The Morgan fingerprint density at radius 2 is 2.00 bits per heavy atom. The first-order chi connectivity index (χ1) is 9.28. The Kier molecular flexibility index (Phi) is 5.37. The van der Waals surface area contributed by atoms with Crippen LogP contribution in [0.25, 0.3) is 0 Å². The first-order valence-electron chi connectivity index (χ1n) is 7.35. The van der Waals surface area contributed by atoms with Crippen LogP contribution in [-0.2, 0) is 6.54 Å². The molecular weight excluding hydrogens is 236 g/mol. The Bertz CT molecular complexity index is 368. The van der Waals surface area contributed by atoms with E-state index in [-0.39, 0.29) is 12.0 Å². The third-order valence-electron chi connectivity index (χ3n) is 4.31. The van der Waals surface area contributed by atoms with Gasteiger partial charge in [-0.2, -0.15) is 0 Å². The average Bonchev–Trinajstić information content (AvgIpc) is 2.63. The summed E-state index contributed by atoms with van der Waals surface area (Å²) in [5, 5.41) is 9.31. The number of hydrogen-bond acceptors (Lipinski definition) is 3. The molecule has 0 spiro atoms. The van der Waals surface area contributed by atoms with Crippen LogP contribution in [0.4, 0.5) is 0 Å². The molecule has 1 aliphatic heterocycles. The molecule has 1 aliphatic rings. The third-order valence-corrected chi connectivity index (χ3v) is 4.31. The van der Waals surface area contributed by atoms with E-state index in [2.05, 4.69) is 35.2 Å². The molecule has 2 rings (SSSR count). The quantitative estimate of drug-likeness (QED) is 0.853. The van der Waals surface area contributed by atoms with Gasteiger partial charge in [-0.25, -0.2) is 0 Å². The number of benzene rings is 1. The van der Waals surface area contributed by atoms with Crippen molar-refractivity contribution in [3.8, 4) is 0 Å². The van der Waals surface area contributed by atoms with Crippen LogP contribution in [0.3, 0.4) is 0 Å². The van der Waals surface area contributed by atoms with Gasteiger partial charge in [-0.05, 0) is 43.3 Å². The predicted octanol–water partition coefficient (Wildman–Crippen LogP) is 2.00. The van der Waals surface area contributed by atoms with E-state index in [1.165, 1.54) is 18.4 Å². The van der Waals surface area contributed by atoms with Gasteiger partial charge in [0.2, 0.25) is 0 Å². The predicted molar refractivity (Wildman–Crippen MR) is 78.8 cm³/mol. The van der Waals surface area contributed by atoms with Gasteiger partial charge in [-0.1, -0.05) is 36.8 Å². The number of aliphatic hydroxyl groups excluding tert-OH is 1. The number of likely N-dealkylation sites (tertiary alicyclic amines) is 1. The lowest BCUT2D eigenvalue weighted by Gasteiger charge is -2.35. The van der Waals surface area contributed by atoms with Crippen molar-refractivity contribution >= 4 is 0 Å². The highest BCUT2D eigenvalue weighted by atomic mass is 16.3. The first-order valence-corrected chi connectivity index (χ1v) is 7.35. The maximum atomic E-state index is 9.31. The molecular formula is C16H26N2O. The minimum atomic E-state index is 0.111. The average molecular weight is 262 g/mol. The molecule has 3 N–H and O–H groups in total. The van der Waals surface area contributed by atoms with E-state index in [4.69, 9.17) is 5.73 Å². The van der Waals surface area contributed by atoms with Crippen LogP contribution in [0.1, 0.15) is 31.2 Å². The SMILES string of the molecule is NCC1(CCO)CCCCN(Cc2ccccc2)C1. The molecule has 1 aromatic carbocycles. The Morgan fingerprint density at radius 3 is 2.68 bits per heavy atom. The summed E-state index contributed by atoms with van der Waals surface area (Å²) in [6.45, 7) is 4.07. The molecule has 0 aromatic heterocycles. The van der Waals surface area contributed by atoms with Crippen molar-refractivity contribution in [2.24, 2.45) is 11.1 Å². The lowest BCUT2D eigenvalue weighted by molar-refractivity contribution is 0.122. The van der Waals surface area contributed by atoms with Crippen molar-refractivity contribution in [3.05, 3.63) is 35.9 Å². The second-order valence-electron chi connectivity index (χ2n) is 5.83. The molecule has 0 aliphatic carbocycles. The number of hydrogen-bond donors (Lipinski definition) is 2. The van der Waals surface area contributed by atoms with E-state index in [0.717, 1.165) is 32.5 Å². The largest absolute Gasteiger partial charge is 0.396 e. The summed E-state index contributed by atoms with van der Waals surface area (Å²) in [6, 6.07) is 10.6. The van der Waals surface area contributed by atoms with Crippen LogP contribution in [0.15, 0.2) is 30.3 Å². The molecule has 3 nitrogen and oxygen atoms in total. The molecule has 106 valence electrons. The molecule has 0 amide bonds. The van der Waals surface area contributed by atoms with Crippen molar-refractivity contribution in [2.45, 2.75) is 32.2 Å². The molecule has 1 atom stereocenters. The van der Waals surface area contributed by atoms with E-state index in [9.17, 15) is 5.11 Å². The van der Waals surface area contributed by atoms with Crippen LogP contribution in [0.5, 0.6) is 0 Å². The van der Waals surface area contributed by atoms with Crippen molar-refractivity contribution in [3.63, 3.8) is 0 Å². The fourth-order valence-corrected chi connectivity index (χ4v) is 3.15. The molecule has 1 aromatic rings. The molecule has 1 heterocycles. The standard InChI is InChI=1S/C16H26N2O/c17-13-16(9-11-19)8-4-5-10-18(14-16)12-15-6-2-1-3-7-15/h1-3,6-7,19H,4-5,8-14,17H2. The molecule has 0 saturated carbocycles. The van der Waals surface area contributed by atoms with Gasteiger partial charge in [0, 0.05) is 19.7 Å². The summed E-state index contributed by atoms with van der Waals surface area (Å²) in [4.78, 5) is 2.50. The van der Waals surface area contributed by atoms with Crippen LogP contribution in [0, 0.1) is 5.41 Å². The Labute approximate surface area is 116 Å². The van der Waals surface area contributed by atoms with Crippen molar-refractivity contribution in [2.75, 3.05) is 26.2 Å². The summed E-state index contributed by atoms with van der Waals surface area (Å²) in [5.74, 6) is 0. The van der Waals surface area contributed by atoms with E-state index >= 15 is 0 Å². The summed E-state index contributed by atoms with van der Waals surface area (Å²) < 4.78 is 0. The Morgan fingerprint density at radius 1 is 1.21 bits per heavy atom. The van der Waals surface area contributed by atoms with E-state index in [0.29, 0.717) is 6.54 Å². The fraction of sp³-hybridized carbons (Fsp3) is 0.625. The van der Waals surface area contributed by atoms with Crippen LogP contribution >= 0.6 is 0 Å². The van der Waals surface area contributed by atoms with Gasteiger partial charge in [0.05, 0.1) is 0 Å². The molecule has 0 radical (unpaired) electrons. The number of aliphatic hydroxyl groups is 1. The van der Waals surface area contributed by atoms with Crippen LogP contribution in [-0.4, -0.2) is 36.2 Å². The lowest BCUT2D eigenvalue weighted by atomic mass is 9.80. The fourth-order valence-electron chi connectivity index (χ4n) is 3.15. The van der Waals surface area contributed by atoms with E-state index in [1.807, 2.05) is 0 Å². The minimum Gasteiger partial charge on any atom is -0.396 e. The number of nitrogens with zero attached hydrogens (tertiary/aromatic N) is 1. The van der Waals surface area contributed by atoms with Gasteiger partial charge in [0.15, 0.2) is 0 Å². The zero-order valence-electron chi connectivity index (χ0n) is 11.7. The van der Waals surface area contributed by atoms with Crippen molar-refractivity contribution < 1.29 is 5.11 Å². The highest BCUT2D eigenvalue weighted by molar-refractivity contribution is 5.14. The zero-order chi connectivity index (χ0) is 13.6. The molecule has 1 saturated heterocycles. The molecule has 3 heteroatoms. The maximum absolute atomic E-state index is 9.31.